The van der Waals surface area contributed by atoms with Crippen molar-refractivity contribution in [2.24, 2.45) is 11.8 Å². The second-order valence-corrected chi connectivity index (χ2v) is 7.52. The lowest BCUT2D eigenvalue weighted by Crippen LogP contribution is -2.48. The Hall–Kier alpha value is -0.170. The van der Waals surface area contributed by atoms with Crippen LogP contribution in [0, 0.1) is 11.8 Å². The zero-order chi connectivity index (χ0) is 12.0. The van der Waals surface area contributed by atoms with Crippen LogP contribution in [0.4, 0.5) is 0 Å². The molecule has 2 atom stereocenters. The maximum absolute atomic E-state index is 12.1. The molecule has 0 aliphatic carbocycles. The molecule has 0 aromatic rings. The average molecular weight is 247 g/mol. The summed E-state index contributed by atoms with van der Waals surface area (Å²) < 4.78 is 28.4. The Bertz CT molecular complexity index is 349. The Kier molecular flexibility index (Phi) is 3.03. The van der Waals surface area contributed by atoms with Gasteiger partial charge in [0.15, 0.2) is 0 Å². The lowest BCUT2D eigenvalue weighted by atomic mass is 10.0. The van der Waals surface area contributed by atoms with E-state index >= 15 is 0 Å². The van der Waals surface area contributed by atoms with Gasteiger partial charge in [-0.15, -0.1) is 0 Å². The molecule has 2 saturated heterocycles. The Labute approximate surface area is 97.8 Å². The van der Waals surface area contributed by atoms with Crippen molar-refractivity contribution in [3.8, 4) is 0 Å². The van der Waals surface area contributed by atoms with E-state index in [2.05, 4.69) is 10.0 Å². The second-order valence-electron chi connectivity index (χ2n) is 5.85. The van der Waals surface area contributed by atoms with Gasteiger partial charge >= 0.3 is 0 Å². The zero-order valence-electron chi connectivity index (χ0n) is 10.2. The van der Waals surface area contributed by atoms with Gasteiger partial charge in [0.1, 0.15) is 0 Å². The van der Waals surface area contributed by atoms with Crippen molar-refractivity contribution in [1.82, 2.24) is 14.3 Å². The molecule has 0 aromatic carbocycles. The fraction of sp³-hybridized carbons (Fsp3) is 1.00. The first-order valence-electron chi connectivity index (χ1n) is 5.78. The molecule has 0 saturated carbocycles. The van der Waals surface area contributed by atoms with Crippen LogP contribution >= 0.6 is 0 Å². The molecule has 2 unspecified atom stereocenters. The van der Waals surface area contributed by atoms with E-state index in [4.69, 9.17) is 0 Å². The maximum Gasteiger partial charge on any atom is 0.279 e. The molecule has 2 aliphatic rings. The van der Waals surface area contributed by atoms with Crippen LogP contribution < -0.4 is 10.0 Å². The summed E-state index contributed by atoms with van der Waals surface area (Å²) in [6, 6.07) is 0. The number of fused-ring (bicyclic) bond motifs is 1. The molecule has 2 aliphatic heterocycles. The van der Waals surface area contributed by atoms with Gasteiger partial charge in [-0.3, -0.25) is 0 Å². The van der Waals surface area contributed by atoms with E-state index in [1.165, 1.54) is 0 Å². The minimum Gasteiger partial charge on any atom is -0.316 e. The fourth-order valence-corrected chi connectivity index (χ4v) is 4.14. The summed E-state index contributed by atoms with van der Waals surface area (Å²) >= 11 is 0. The van der Waals surface area contributed by atoms with Crippen LogP contribution in [-0.2, 0) is 10.2 Å². The molecule has 5 nitrogen and oxygen atoms in total. The van der Waals surface area contributed by atoms with Crippen molar-refractivity contribution < 1.29 is 8.42 Å². The molecule has 6 heteroatoms. The molecule has 94 valence electrons. The van der Waals surface area contributed by atoms with Gasteiger partial charge in [0.25, 0.3) is 10.2 Å². The topological polar surface area (TPSA) is 61.4 Å². The van der Waals surface area contributed by atoms with Crippen LogP contribution in [-0.4, -0.2) is 44.4 Å². The molecule has 2 heterocycles. The minimum absolute atomic E-state index is 0.408. The van der Waals surface area contributed by atoms with E-state index in [1.54, 1.807) is 4.31 Å². The number of hydrogen-bond acceptors (Lipinski definition) is 3. The first-order valence-corrected chi connectivity index (χ1v) is 7.22. The Balaban J connectivity index is 2.03. The molecule has 0 amide bonds. The van der Waals surface area contributed by atoms with Gasteiger partial charge in [0.2, 0.25) is 0 Å². The predicted octanol–water partition coefficient (Wildman–Crippen LogP) is -0.229. The minimum atomic E-state index is -3.30. The quantitative estimate of drug-likeness (QED) is 0.708. The summed E-state index contributed by atoms with van der Waals surface area (Å²) in [6.45, 7) is 8.81. The summed E-state index contributed by atoms with van der Waals surface area (Å²) in [5, 5.41) is 3.30. The van der Waals surface area contributed by atoms with Crippen molar-refractivity contribution in [1.29, 1.82) is 0 Å². The van der Waals surface area contributed by atoms with Gasteiger partial charge in [-0.1, -0.05) is 0 Å². The van der Waals surface area contributed by atoms with E-state index in [0.29, 0.717) is 24.9 Å². The standard InChI is InChI=1S/C10H21N3O2S/c1-10(2,3)12-16(14,15)13-6-8-4-11-5-9(8)7-13/h8-9,11-12H,4-7H2,1-3H3. The highest BCUT2D eigenvalue weighted by atomic mass is 32.2. The summed E-state index contributed by atoms with van der Waals surface area (Å²) in [4.78, 5) is 0. The third-order valence-electron chi connectivity index (χ3n) is 3.13. The molecule has 0 radical (unpaired) electrons. The van der Waals surface area contributed by atoms with Crippen molar-refractivity contribution in [3.05, 3.63) is 0 Å². The second kappa shape index (κ2) is 3.94. The molecule has 2 N–H and O–H groups in total. The van der Waals surface area contributed by atoms with Gasteiger partial charge in [0.05, 0.1) is 0 Å². The molecular weight excluding hydrogens is 226 g/mol. The van der Waals surface area contributed by atoms with E-state index in [1.807, 2.05) is 20.8 Å². The first kappa shape index (κ1) is 12.3. The monoisotopic (exact) mass is 247 g/mol. The van der Waals surface area contributed by atoms with Crippen LogP contribution in [0.2, 0.25) is 0 Å². The molecule has 0 spiro atoms. The van der Waals surface area contributed by atoms with Crippen LogP contribution in [0.25, 0.3) is 0 Å². The maximum atomic E-state index is 12.1. The van der Waals surface area contributed by atoms with Gasteiger partial charge in [-0.25, -0.2) is 0 Å². The smallest absolute Gasteiger partial charge is 0.279 e. The fourth-order valence-electron chi connectivity index (χ4n) is 2.46. The van der Waals surface area contributed by atoms with E-state index in [-0.39, 0.29) is 0 Å². The highest BCUT2D eigenvalue weighted by Gasteiger charge is 2.41. The molecule has 2 fully saturated rings. The number of nitrogens with zero attached hydrogens (tertiary/aromatic N) is 1. The van der Waals surface area contributed by atoms with Crippen LogP contribution in [0.3, 0.4) is 0 Å². The highest BCUT2D eigenvalue weighted by molar-refractivity contribution is 7.87. The van der Waals surface area contributed by atoms with Gasteiger partial charge in [-0.05, 0) is 45.7 Å². The highest BCUT2D eigenvalue weighted by Crippen LogP contribution is 2.28. The van der Waals surface area contributed by atoms with Crippen molar-refractivity contribution >= 4 is 10.2 Å². The Morgan fingerprint density at radius 3 is 2.12 bits per heavy atom. The van der Waals surface area contributed by atoms with Crippen molar-refractivity contribution in [2.45, 2.75) is 26.3 Å². The normalized spacial score (nSPS) is 31.9. The number of nitrogens with one attached hydrogen (secondary N) is 2. The lowest BCUT2D eigenvalue weighted by molar-refractivity contribution is 0.410. The molecule has 0 aromatic heterocycles. The summed E-state index contributed by atoms with van der Waals surface area (Å²) in [5.41, 5.74) is -0.408. The first-order chi connectivity index (χ1) is 7.28. The average Bonchev–Trinajstić information content (AvgIpc) is 2.54. The summed E-state index contributed by atoms with van der Waals surface area (Å²) in [7, 11) is -3.30. The van der Waals surface area contributed by atoms with Gasteiger partial charge in [0, 0.05) is 18.6 Å². The Morgan fingerprint density at radius 1 is 1.19 bits per heavy atom. The van der Waals surface area contributed by atoms with E-state index in [9.17, 15) is 8.42 Å². The summed E-state index contributed by atoms with van der Waals surface area (Å²) in [5.74, 6) is 0.994. The van der Waals surface area contributed by atoms with Crippen LogP contribution in [0.1, 0.15) is 20.8 Å². The van der Waals surface area contributed by atoms with Crippen LogP contribution in [0.5, 0.6) is 0 Å². The largest absolute Gasteiger partial charge is 0.316 e. The number of rotatable bonds is 2. The molecule has 16 heavy (non-hydrogen) atoms. The summed E-state index contributed by atoms with van der Waals surface area (Å²) in [6.07, 6.45) is 0. The van der Waals surface area contributed by atoms with E-state index < -0.39 is 15.7 Å². The van der Waals surface area contributed by atoms with Crippen molar-refractivity contribution in [3.63, 3.8) is 0 Å². The SMILES string of the molecule is CC(C)(C)NS(=O)(=O)N1CC2CNCC2C1. The molecule has 0 bridgehead atoms. The lowest BCUT2D eigenvalue weighted by Gasteiger charge is -2.25. The number of hydrogen-bond donors (Lipinski definition) is 2. The van der Waals surface area contributed by atoms with Crippen molar-refractivity contribution in [2.75, 3.05) is 26.2 Å². The predicted molar refractivity (Wildman–Crippen MR) is 63.2 cm³/mol. The Morgan fingerprint density at radius 2 is 1.69 bits per heavy atom. The molecule has 2 rings (SSSR count). The third kappa shape index (κ3) is 2.56. The van der Waals surface area contributed by atoms with Gasteiger partial charge in [-0.2, -0.15) is 17.4 Å². The third-order valence-corrected chi connectivity index (χ3v) is 4.98. The molecular formula is C10H21N3O2S. The van der Waals surface area contributed by atoms with Gasteiger partial charge < -0.3 is 5.32 Å². The van der Waals surface area contributed by atoms with Crippen LogP contribution in [0.15, 0.2) is 0 Å². The zero-order valence-corrected chi connectivity index (χ0v) is 11.0. The van der Waals surface area contributed by atoms with E-state index in [0.717, 1.165) is 13.1 Å².